The van der Waals surface area contributed by atoms with Crippen LogP contribution in [0.2, 0.25) is 0 Å². The SMILES string of the molecule is CN/C(C)=C\C(=N)CCC(F)(F)F. The first kappa shape index (κ1) is 12.0. The van der Waals surface area contributed by atoms with Crippen molar-refractivity contribution in [1.82, 2.24) is 5.32 Å². The molecule has 0 aromatic rings. The van der Waals surface area contributed by atoms with Gasteiger partial charge >= 0.3 is 6.18 Å². The summed E-state index contributed by atoms with van der Waals surface area (Å²) < 4.78 is 35.1. The molecule has 13 heavy (non-hydrogen) atoms. The Morgan fingerprint density at radius 1 is 1.46 bits per heavy atom. The summed E-state index contributed by atoms with van der Waals surface area (Å²) in [5.74, 6) is 0. The average molecular weight is 194 g/mol. The summed E-state index contributed by atoms with van der Waals surface area (Å²) in [5.41, 5.74) is 0.677. The lowest BCUT2D eigenvalue weighted by atomic mass is 10.2. The number of rotatable bonds is 4. The highest BCUT2D eigenvalue weighted by atomic mass is 19.4. The Hall–Kier alpha value is -1.00. The topological polar surface area (TPSA) is 35.9 Å². The van der Waals surface area contributed by atoms with Gasteiger partial charge in [0.05, 0.1) is 0 Å². The smallest absolute Gasteiger partial charge is 0.389 e. The van der Waals surface area contributed by atoms with E-state index in [0.717, 1.165) is 0 Å². The van der Waals surface area contributed by atoms with Gasteiger partial charge in [-0.2, -0.15) is 13.2 Å². The van der Waals surface area contributed by atoms with Gasteiger partial charge in [0.25, 0.3) is 0 Å². The summed E-state index contributed by atoms with van der Waals surface area (Å²) in [6.45, 7) is 1.70. The molecule has 0 aliphatic heterocycles. The Kier molecular flexibility index (Phi) is 4.51. The van der Waals surface area contributed by atoms with E-state index in [-0.39, 0.29) is 12.1 Å². The molecule has 0 amide bonds. The van der Waals surface area contributed by atoms with Crippen LogP contribution in [-0.2, 0) is 0 Å². The van der Waals surface area contributed by atoms with Crippen LogP contribution in [0.15, 0.2) is 11.8 Å². The lowest BCUT2D eigenvalue weighted by Gasteiger charge is -2.05. The second kappa shape index (κ2) is 4.89. The van der Waals surface area contributed by atoms with E-state index in [0.29, 0.717) is 5.70 Å². The zero-order valence-electron chi connectivity index (χ0n) is 7.63. The van der Waals surface area contributed by atoms with Crippen molar-refractivity contribution in [2.45, 2.75) is 25.9 Å². The van der Waals surface area contributed by atoms with E-state index >= 15 is 0 Å². The van der Waals surface area contributed by atoms with E-state index in [1.807, 2.05) is 0 Å². The van der Waals surface area contributed by atoms with Crippen LogP contribution in [0.3, 0.4) is 0 Å². The normalized spacial score (nSPS) is 12.8. The van der Waals surface area contributed by atoms with Gasteiger partial charge in [-0.25, -0.2) is 0 Å². The van der Waals surface area contributed by atoms with Crippen LogP contribution in [0.4, 0.5) is 13.2 Å². The molecule has 2 nitrogen and oxygen atoms in total. The van der Waals surface area contributed by atoms with Crippen LogP contribution in [0.25, 0.3) is 0 Å². The molecule has 0 radical (unpaired) electrons. The van der Waals surface area contributed by atoms with Gasteiger partial charge in [-0.05, 0) is 19.4 Å². The fourth-order valence-corrected chi connectivity index (χ4v) is 0.682. The van der Waals surface area contributed by atoms with Crippen LogP contribution in [-0.4, -0.2) is 18.9 Å². The van der Waals surface area contributed by atoms with Crippen molar-refractivity contribution < 1.29 is 13.2 Å². The highest BCUT2D eigenvalue weighted by Crippen LogP contribution is 2.21. The highest BCUT2D eigenvalue weighted by Gasteiger charge is 2.26. The number of hydrogen-bond acceptors (Lipinski definition) is 2. The number of allylic oxidation sites excluding steroid dienone is 2. The fourth-order valence-electron chi connectivity index (χ4n) is 0.682. The highest BCUT2D eigenvalue weighted by molar-refractivity contribution is 5.92. The van der Waals surface area contributed by atoms with E-state index in [1.165, 1.54) is 6.08 Å². The van der Waals surface area contributed by atoms with Crippen molar-refractivity contribution in [2.75, 3.05) is 7.05 Å². The van der Waals surface area contributed by atoms with Crippen LogP contribution < -0.4 is 5.32 Å². The maximum atomic E-state index is 11.7. The minimum atomic E-state index is -4.17. The molecule has 0 spiro atoms. The molecule has 0 aliphatic carbocycles. The summed E-state index contributed by atoms with van der Waals surface area (Å²) in [7, 11) is 1.66. The maximum absolute atomic E-state index is 11.7. The molecule has 0 aromatic heterocycles. The predicted molar refractivity (Wildman–Crippen MR) is 45.8 cm³/mol. The molecule has 0 bridgehead atoms. The van der Waals surface area contributed by atoms with E-state index < -0.39 is 12.6 Å². The van der Waals surface area contributed by atoms with E-state index in [9.17, 15) is 13.2 Å². The quantitative estimate of drug-likeness (QED) is 0.662. The molecule has 0 saturated heterocycles. The van der Waals surface area contributed by atoms with Crippen molar-refractivity contribution in [3.63, 3.8) is 0 Å². The summed E-state index contributed by atoms with van der Waals surface area (Å²) in [6, 6.07) is 0. The Morgan fingerprint density at radius 2 is 2.00 bits per heavy atom. The maximum Gasteiger partial charge on any atom is 0.389 e. The van der Waals surface area contributed by atoms with Gasteiger partial charge in [0.15, 0.2) is 0 Å². The van der Waals surface area contributed by atoms with Crippen molar-refractivity contribution >= 4 is 5.71 Å². The second-order valence-electron chi connectivity index (χ2n) is 2.72. The van der Waals surface area contributed by atoms with Crippen molar-refractivity contribution in [1.29, 1.82) is 5.41 Å². The van der Waals surface area contributed by atoms with Gasteiger partial charge in [0.1, 0.15) is 0 Å². The first-order chi connectivity index (χ1) is 5.85. The summed E-state index contributed by atoms with van der Waals surface area (Å²) in [4.78, 5) is 0. The van der Waals surface area contributed by atoms with E-state index in [1.54, 1.807) is 14.0 Å². The molecule has 76 valence electrons. The lowest BCUT2D eigenvalue weighted by Crippen LogP contribution is -2.10. The molecule has 0 unspecified atom stereocenters. The van der Waals surface area contributed by atoms with Gasteiger partial charge < -0.3 is 10.7 Å². The first-order valence-corrected chi connectivity index (χ1v) is 3.85. The van der Waals surface area contributed by atoms with Crippen LogP contribution >= 0.6 is 0 Å². The monoisotopic (exact) mass is 194 g/mol. The summed E-state index contributed by atoms with van der Waals surface area (Å²) in [6.07, 6.45) is -3.97. The molecule has 0 saturated carbocycles. The minimum Gasteiger partial charge on any atom is -0.392 e. The molecule has 0 rings (SSSR count). The molecule has 0 heterocycles. The van der Waals surface area contributed by atoms with Gasteiger partial charge in [-0.3, -0.25) is 0 Å². The van der Waals surface area contributed by atoms with Crippen molar-refractivity contribution in [2.24, 2.45) is 0 Å². The lowest BCUT2D eigenvalue weighted by molar-refractivity contribution is -0.132. The fraction of sp³-hybridized carbons (Fsp3) is 0.625. The standard InChI is InChI=1S/C8H13F3N2/c1-6(13-2)5-7(12)3-4-8(9,10)11/h5,12-13H,3-4H2,1-2H3/b6-5-,12-7?. The van der Waals surface area contributed by atoms with Gasteiger partial charge in [-0.1, -0.05) is 0 Å². The third kappa shape index (κ3) is 7.36. The molecule has 0 atom stereocenters. The molecule has 2 N–H and O–H groups in total. The number of halogens is 3. The van der Waals surface area contributed by atoms with Gasteiger partial charge in [-0.15, -0.1) is 0 Å². The third-order valence-corrected chi connectivity index (χ3v) is 1.46. The first-order valence-electron chi connectivity index (χ1n) is 3.85. The number of nitrogens with one attached hydrogen (secondary N) is 2. The average Bonchev–Trinajstić information content (AvgIpc) is 1.99. The van der Waals surface area contributed by atoms with Crippen LogP contribution in [0.5, 0.6) is 0 Å². The Labute approximate surface area is 75.3 Å². The predicted octanol–water partition coefficient (Wildman–Crippen LogP) is 2.47. The van der Waals surface area contributed by atoms with Gasteiger partial charge in [0, 0.05) is 24.9 Å². The van der Waals surface area contributed by atoms with E-state index in [4.69, 9.17) is 5.41 Å². The molecule has 0 aromatic carbocycles. The Morgan fingerprint density at radius 3 is 2.38 bits per heavy atom. The van der Waals surface area contributed by atoms with E-state index in [2.05, 4.69) is 5.32 Å². The number of alkyl halides is 3. The van der Waals surface area contributed by atoms with Crippen LogP contribution in [0, 0.1) is 5.41 Å². The molecular weight excluding hydrogens is 181 g/mol. The number of hydrogen-bond donors (Lipinski definition) is 2. The van der Waals surface area contributed by atoms with Crippen molar-refractivity contribution in [3.05, 3.63) is 11.8 Å². The molecule has 0 fully saturated rings. The minimum absolute atomic E-state index is 0.0100. The van der Waals surface area contributed by atoms with Crippen molar-refractivity contribution in [3.8, 4) is 0 Å². The largest absolute Gasteiger partial charge is 0.392 e. The third-order valence-electron chi connectivity index (χ3n) is 1.46. The Bertz CT molecular complexity index is 206. The zero-order chi connectivity index (χ0) is 10.5. The summed E-state index contributed by atoms with van der Waals surface area (Å²) >= 11 is 0. The molecular formula is C8H13F3N2. The van der Waals surface area contributed by atoms with Crippen LogP contribution in [0.1, 0.15) is 19.8 Å². The molecule has 0 aliphatic rings. The molecule has 5 heteroatoms. The summed E-state index contributed by atoms with van der Waals surface area (Å²) in [5, 5.41) is 9.92. The zero-order valence-corrected chi connectivity index (χ0v) is 7.63. The van der Waals surface area contributed by atoms with Gasteiger partial charge in [0.2, 0.25) is 0 Å². The Balaban J connectivity index is 3.90. The second-order valence-corrected chi connectivity index (χ2v) is 2.72.